The van der Waals surface area contributed by atoms with Gasteiger partial charge < -0.3 is 14.4 Å². The predicted molar refractivity (Wildman–Crippen MR) is 86.4 cm³/mol. The van der Waals surface area contributed by atoms with E-state index in [0.717, 1.165) is 18.4 Å². The molecule has 2 rings (SSSR count). The summed E-state index contributed by atoms with van der Waals surface area (Å²) < 4.78 is 34.0. The number of nitrogens with zero attached hydrogens (tertiary/aromatic N) is 3. The van der Waals surface area contributed by atoms with Crippen LogP contribution in [0.4, 0.5) is 17.1 Å². The topological polar surface area (TPSA) is 142 Å². The highest BCUT2D eigenvalue weighted by atomic mass is 32.2. The van der Waals surface area contributed by atoms with E-state index in [1.54, 1.807) is 6.92 Å². The average molecular weight is 375 g/mol. The first kappa shape index (κ1) is 19.0. The average Bonchev–Trinajstić information content (AvgIpc) is 3.03. The highest BCUT2D eigenvalue weighted by Gasteiger charge is 2.34. The first-order chi connectivity index (χ1) is 11.6. The Morgan fingerprint density at radius 1 is 1.16 bits per heavy atom. The number of hydrogen-bond donors (Lipinski definition) is 0. The Labute approximate surface area is 143 Å². The first-order valence-electron chi connectivity index (χ1n) is 7.30. The van der Waals surface area contributed by atoms with Crippen LogP contribution in [0.5, 0.6) is 0 Å². The van der Waals surface area contributed by atoms with Crippen molar-refractivity contribution < 1.29 is 27.7 Å². The summed E-state index contributed by atoms with van der Waals surface area (Å²) in [5, 5.41) is 22.9. The van der Waals surface area contributed by atoms with Gasteiger partial charge >= 0.3 is 11.4 Å². The van der Waals surface area contributed by atoms with Gasteiger partial charge in [-0.15, -0.1) is 0 Å². The van der Waals surface area contributed by atoms with E-state index in [0.29, 0.717) is 13.2 Å². The van der Waals surface area contributed by atoms with Gasteiger partial charge in [0.2, 0.25) is 0 Å². The van der Waals surface area contributed by atoms with Gasteiger partial charge in [0.15, 0.2) is 21.8 Å². The van der Waals surface area contributed by atoms with Crippen LogP contribution in [0, 0.1) is 20.2 Å². The largest absolute Gasteiger partial charge is 0.356 e. The van der Waals surface area contributed by atoms with Gasteiger partial charge in [-0.25, -0.2) is 8.42 Å². The summed E-state index contributed by atoms with van der Waals surface area (Å²) in [4.78, 5) is 22.1. The van der Waals surface area contributed by atoms with E-state index in [-0.39, 0.29) is 18.8 Å². The van der Waals surface area contributed by atoms with E-state index in [9.17, 15) is 28.6 Å². The maximum absolute atomic E-state index is 11.7. The summed E-state index contributed by atoms with van der Waals surface area (Å²) >= 11 is 0. The van der Waals surface area contributed by atoms with Gasteiger partial charge in [-0.1, -0.05) is 0 Å². The van der Waals surface area contributed by atoms with Gasteiger partial charge in [0, 0.05) is 24.9 Å². The molecule has 1 aliphatic rings. The molecule has 1 aromatic rings. The Bertz CT molecular complexity index is 753. The van der Waals surface area contributed by atoms with Gasteiger partial charge in [-0.2, -0.15) is 0 Å². The number of likely N-dealkylation sites (N-methyl/N-ethyl adjacent to an activating group) is 1. The van der Waals surface area contributed by atoms with E-state index in [4.69, 9.17) is 9.47 Å². The maximum Gasteiger partial charge on any atom is 0.300 e. The summed E-state index contributed by atoms with van der Waals surface area (Å²) in [5.41, 5.74) is -1.59. The van der Waals surface area contributed by atoms with Crippen molar-refractivity contribution in [3.63, 3.8) is 0 Å². The summed E-state index contributed by atoms with van der Waals surface area (Å²) in [6.07, 6.45) is 0.154. The second-order valence-corrected chi connectivity index (χ2v) is 7.32. The van der Waals surface area contributed by atoms with Crippen molar-refractivity contribution in [2.75, 3.05) is 37.5 Å². The zero-order valence-corrected chi connectivity index (χ0v) is 14.4. The molecule has 138 valence electrons. The van der Waals surface area contributed by atoms with E-state index in [2.05, 4.69) is 0 Å². The molecule has 1 aliphatic heterocycles. The molecular weight excluding hydrogens is 358 g/mol. The number of nitro groups is 2. The lowest BCUT2D eigenvalue weighted by molar-refractivity contribution is -0.393. The minimum absolute atomic E-state index is 0.0381. The summed E-state index contributed by atoms with van der Waals surface area (Å²) in [7, 11) is -3.86. The Balaban J connectivity index is 2.63. The number of ether oxygens (including phenoxy) is 2. The van der Waals surface area contributed by atoms with Crippen molar-refractivity contribution in [3.8, 4) is 0 Å². The number of benzene rings is 1. The van der Waals surface area contributed by atoms with Crippen LogP contribution in [-0.2, 0) is 19.3 Å². The number of hydrogen-bond acceptors (Lipinski definition) is 9. The van der Waals surface area contributed by atoms with E-state index < -0.39 is 42.2 Å². The molecule has 0 atom stereocenters. The first-order valence-corrected chi connectivity index (χ1v) is 9.19. The SMILES string of the molecule is CCN(CC1OCCO1)c1c([N+](=O)[O-])cc(S(C)(=O)=O)cc1[N+](=O)[O-]. The molecule has 1 saturated heterocycles. The van der Waals surface area contributed by atoms with Gasteiger partial charge in [0.1, 0.15) is 0 Å². The summed E-state index contributed by atoms with van der Waals surface area (Å²) in [6, 6.07) is 1.66. The fourth-order valence-electron chi connectivity index (χ4n) is 2.47. The number of sulfone groups is 1. The van der Waals surface area contributed by atoms with Crippen LogP contribution in [0.15, 0.2) is 17.0 Å². The molecule has 1 heterocycles. The zero-order chi connectivity index (χ0) is 18.8. The predicted octanol–water partition coefficient (Wildman–Crippen LogP) is 1.11. The zero-order valence-electron chi connectivity index (χ0n) is 13.6. The molecule has 0 aliphatic carbocycles. The van der Waals surface area contributed by atoms with Crippen LogP contribution >= 0.6 is 0 Å². The highest BCUT2D eigenvalue weighted by molar-refractivity contribution is 7.90. The van der Waals surface area contributed by atoms with E-state index in [1.165, 1.54) is 4.90 Å². The van der Waals surface area contributed by atoms with Crippen LogP contribution in [0.1, 0.15) is 6.92 Å². The minimum atomic E-state index is -3.86. The van der Waals surface area contributed by atoms with E-state index in [1.807, 2.05) is 0 Å². The van der Waals surface area contributed by atoms with Gasteiger partial charge in [-0.05, 0) is 6.92 Å². The summed E-state index contributed by atoms with van der Waals surface area (Å²) in [5.74, 6) is 0. The third kappa shape index (κ3) is 4.21. The fourth-order valence-corrected chi connectivity index (χ4v) is 3.12. The highest BCUT2D eigenvalue weighted by Crippen LogP contribution is 2.40. The summed E-state index contributed by atoms with van der Waals surface area (Å²) in [6.45, 7) is 2.62. The Kier molecular flexibility index (Phi) is 5.55. The van der Waals surface area contributed by atoms with Crippen LogP contribution in [0.3, 0.4) is 0 Å². The Morgan fingerprint density at radius 3 is 2.00 bits per heavy atom. The standard InChI is InChI=1S/C13H17N3O8S/c1-3-14(8-12-23-4-5-24-12)13-10(15(17)18)6-9(25(2,21)22)7-11(13)16(19)20/h6-7,12H,3-5,8H2,1-2H3. The molecule has 25 heavy (non-hydrogen) atoms. The number of nitro benzene ring substituents is 2. The number of rotatable bonds is 7. The van der Waals surface area contributed by atoms with Crippen molar-refractivity contribution in [1.29, 1.82) is 0 Å². The lowest BCUT2D eigenvalue weighted by Crippen LogP contribution is -2.34. The molecule has 0 bridgehead atoms. The molecule has 0 aromatic heterocycles. The maximum atomic E-state index is 11.7. The lowest BCUT2D eigenvalue weighted by Gasteiger charge is -2.25. The van der Waals surface area contributed by atoms with Crippen LogP contribution < -0.4 is 4.90 Å². The van der Waals surface area contributed by atoms with Crippen molar-refractivity contribution >= 4 is 26.9 Å². The van der Waals surface area contributed by atoms with Crippen LogP contribution in [0.25, 0.3) is 0 Å². The van der Waals surface area contributed by atoms with Crippen molar-refractivity contribution in [3.05, 3.63) is 32.4 Å². The monoisotopic (exact) mass is 375 g/mol. The van der Waals surface area contributed by atoms with Crippen molar-refractivity contribution in [1.82, 2.24) is 0 Å². The molecule has 0 unspecified atom stereocenters. The van der Waals surface area contributed by atoms with Crippen LogP contribution in [-0.4, -0.2) is 57.1 Å². The molecule has 0 N–H and O–H groups in total. The van der Waals surface area contributed by atoms with E-state index >= 15 is 0 Å². The fraction of sp³-hybridized carbons (Fsp3) is 0.538. The molecule has 0 spiro atoms. The molecule has 11 nitrogen and oxygen atoms in total. The normalized spacial score (nSPS) is 15.3. The Hall–Kier alpha value is -2.31. The second-order valence-electron chi connectivity index (χ2n) is 5.31. The third-order valence-corrected chi connectivity index (χ3v) is 4.71. The molecule has 1 aromatic carbocycles. The molecule has 0 amide bonds. The van der Waals surface area contributed by atoms with Crippen molar-refractivity contribution in [2.24, 2.45) is 0 Å². The number of anilines is 1. The second kappa shape index (κ2) is 7.29. The third-order valence-electron chi connectivity index (χ3n) is 3.62. The van der Waals surface area contributed by atoms with Gasteiger partial charge in [0.25, 0.3) is 0 Å². The quantitative estimate of drug-likeness (QED) is 0.505. The van der Waals surface area contributed by atoms with Crippen LogP contribution in [0.2, 0.25) is 0 Å². The Morgan fingerprint density at radius 2 is 1.64 bits per heavy atom. The lowest BCUT2D eigenvalue weighted by atomic mass is 10.2. The minimum Gasteiger partial charge on any atom is -0.356 e. The molecule has 1 fully saturated rings. The van der Waals surface area contributed by atoms with Gasteiger partial charge in [0.05, 0.1) is 34.5 Å². The smallest absolute Gasteiger partial charge is 0.300 e. The molecular formula is C13H17N3O8S. The molecule has 0 radical (unpaired) electrons. The van der Waals surface area contributed by atoms with Crippen molar-refractivity contribution in [2.45, 2.75) is 18.1 Å². The molecule has 12 heteroatoms. The molecule has 0 saturated carbocycles. The van der Waals surface area contributed by atoms with Gasteiger partial charge in [-0.3, -0.25) is 20.2 Å².